The molecule has 0 aliphatic heterocycles. The van der Waals surface area contributed by atoms with Gasteiger partial charge in [-0.1, -0.05) is 36.7 Å². The Morgan fingerprint density at radius 2 is 1.72 bits per heavy atom. The third kappa shape index (κ3) is 3.90. The number of alkyl halides is 3. The van der Waals surface area contributed by atoms with Crippen LogP contribution in [0.5, 0.6) is 0 Å². The van der Waals surface area contributed by atoms with E-state index in [1.807, 2.05) is 27.7 Å². The van der Waals surface area contributed by atoms with Gasteiger partial charge >= 0.3 is 6.18 Å². The standard InChI is InChI=1S/C13H17BrF3N/c1-8(12(2,3)4)18-11-7-9(14)5-6-10(11)13(15,16)17/h5-8,18H,1-4H3. The molecular weight excluding hydrogens is 307 g/mol. The summed E-state index contributed by atoms with van der Waals surface area (Å²) in [5.41, 5.74) is -0.647. The maximum Gasteiger partial charge on any atom is 0.418 e. The molecule has 1 unspecified atom stereocenters. The third-order valence-corrected chi connectivity index (χ3v) is 3.45. The number of nitrogens with one attached hydrogen (secondary N) is 1. The molecule has 0 bridgehead atoms. The normalized spacial score (nSPS) is 14.4. The van der Waals surface area contributed by atoms with E-state index in [0.29, 0.717) is 4.47 Å². The van der Waals surface area contributed by atoms with Gasteiger partial charge in [0.25, 0.3) is 0 Å². The Labute approximate surface area is 114 Å². The van der Waals surface area contributed by atoms with Crippen LogP contribution in [0.15, 0.2) is 22.7 Å². The lowest BCUT2D eigenvalue weighted by Crippen LogP contribution is -2.31. The van der Waals surface area contributed by atoms with Gasteiger partial charge in [0.1, 0.15) is 0 Å². The molecule has 0 amide bonds. The minimum atomic E-state index is -4.35. The molecule has 1 atom stereocenters. The topological polar surface area (TPSA) is 12.0 Å². The zero-order valence-corrected chi connectivity index (χ0v) is 12.4. The van der Waals surface area contributed by atoms with Crippen molar-refractivity contribution < 1.29 is 13.2 Å². The predicted octanol–water partition coefficient (Wildman–Crippen LogP) is 5.31. The summed E-state index contributed by atoms with van der Waals surface area (Å²) < 4.78 is 39.2. The lowest BCUT2D eigenvalue weighted by molar-refractivity contribution is -0.137. The van der Waals surface area contributed by atoms with Crippen LogP contribution in [0, 0.1) is 5.41 Å². The van der Waals surface area contributed by atoms with Crippen molar-refractivity contribution >= 4 is 21.6 Å². The van der Waals surface area contributed by atoms with Crippen LogP contribution in [0.2, 0.25) is 0 Å². The van der Waals surface area contributed by atoms with E-state index < -0.39 is 11.7 Å². The Hall–Kier alpha value is -0.710. The number of hydrogen-bond acceptors (Lipinski definition) is 1. The number of halogens is 4. The molecule has 0 saturated heterocycles. The third-order valence-electron chi connectivity index (χ3n) is 2.96. The largest absolute Gasteiger partial charge is 0.418 e. The second-order valence-corrected chi connectivity index (χ2v) is 6.34. The number of rotatable bonds is 2. The predicted molar refractivity (Wildman–Crippen MR) is 71.7 cm³/mol. The van der Waals surface area contributed by atoms with Gasteiger partial charge < -0.3 is 5.32 Å². The van der Waals surface area contributed by atoms with Crippen LogP contribution in [0.3, 0.4) is 0 Å². The SMILES string of the molecule is CC(Nc1cc(Br)ccc1C(F)(F)F)C(C)(C)C. The van der Waals surface area contributed by atoms with Crippen molar-refractivity contribution in [1.82, 2.24) is 0 Å². The van der Waals surface area contributed by atoms with Gasteiger partial charge in [-0.05, 0) is 30.5 Å². The van der Waals surface area contributed by atoms with E-state index in [9.17, 15) is 13.2 Å². The first-order valence-corrected chi connectivity index (χ1v) is 6.44. The maximum atomic E-state index is 12.9. The molecule has 0 radical (unpaired) electrons. The molecule has 0 aliphatic rings. The van der Waals surface area contributed by atoms with E-state index >= 15 is 0 Å². The first-order chi connectivity index (χ1) is 8.01. The van der Waals surface area contributed by atoms with E-state index in [0.717, 1.165) is 6.07 Å². The van der Waals surface area contributed by atoms with E-state index in [2.05, 4.69) is 21.2 Å². The zero-order valence-electron chi connectivity index (χ0n) is 10.8. The summed E-state index contributed by atoms with van der Waals surface area (Å²) in [4.78, 5) is 0. The van der Waals surface area contributed by atoms with Crippen molar-refractivity contribution in [3.63, 3.8) is 0 Å². The summed E-state index contributed by atoms with van der Waals surface area (Å²) >= 11 is 3.20. The van der Waals surface area contributed by atoms with E-state index in [4.69, 9.17) is 0 Å². The summed E-state index contributed by atoms with van der Waals surface area (Å²) in [6.45, 7) is 7.82. The summed E-state index contributed by atoms with van der Waals surface area (Å²) in [5.74, 6) is 0. The summed E-state index contributed by atoms with van der Waals surface area (Å²) in [6.07, 6.45) is -4.35. The van der Waals surface area contributed by atoms with Gasteiger partial charge in [0, 0.05) is 16.2 Å². The van der Waals surface area contributed by atoms with Gasteiger partial charge in [-0.25, -0.2) is 0 Å². The Morgan fingerprint density at radius 1 is 1.17 bits per heavy atom. The Bertz CT molecular complexity index is 421. The summed E-state index contributed by atoms with van der Waals surface area (Å²) in [6, 6.07) is 3.87. The highest BCUT2D eigenvalue weighted by atomic mass is 79.9. The van der Waals surface area contributed by atoms with Crippen LogP contribution in [-0.2, 0) is 6.18 Å². The van der Waals surface area contributed by atoms with Gasteiger partial charge in [-0.15, -0.1) is 0 Å². The van der Waals surface area contributed by atoms with Crippen molar-refractivity contribution in [3.8, 4) is 0 Å². The fourth-order valence-corrected chi connectivity index (χ4v) is 1.69. The van der Waals surface area contributed by atoms with E-state index in [-0.39, 0.29) is 17.1 Å². The number of benzene rings is 1. The average molecular weight is 324 g/mol. The van der Waals surface area contributed by atoms with Crippen molar-refractivity contribution in [2.45, 2.75) is 39.9 Å². The fraction of sp³-hybridized carbons (Fsp3) is 0.538. The van der Waals surface area contributed by atoms with Crippen molar-refractivity contribution in [2.75, 3.05) is 5.32 Å². The molecule has 0 spiro atoms. The first kappa shape index (κ1) is 15.3. The molecule has 1 N–H and O–H groups in total. The summed E-state index contributed by atoms with van der Waals surface area (Å²) in [5, 5.41) is 2.95. The molecule has 1 rings (SSSR count). The number of hydrogen-bond donors (Lipinski definition) is 1. The highest BCUT2D eigenvalue weighted by Gasteiger charge is 2.34. The van der Waals surface area contributed by atoms with Crippen LogP contribution < -0.4 is 5.32 Å². The van der Waals surface area contributed by atoms with Crippen LogP contribution in [0.25, 0.3) is 0 Å². The van der Waals surface area contributed by atoms with Gasteiger partial charge in [0.05, 0.1) is 5.56 Å². The highest BCUT2D eigenvalue weighted by molar-refractivity contribution is 9.10. The minimum absolute atomic E-state index is 0.0760. The van der Waals surface area contributed by atoms with Crippen molar-refractivity contribution in [3.05, 3.63) is 28.2 Å². The van der Waals surface area contributed by atoms with Crippen molar-refractivity contribution in [1.29, 1.82) is 0 Å². The molecule has 0 heterocycles. The number of anilines is 1. The molecule has 1 aromatic carbocycles. The van der Waals surface area contributed by atoms with Crippen LogP contribution in [0.4, 0.5) is 18.9 Å². The van der Waals surface area contributed by atoms with E-state index in [1.54, 1.807) is 0 Å². The maximum absolute atomic E-state index is 12.9. The summed E-state index contributed by atoms with van der Waals surface area (Å²) in [7, 11) is 0. The van der Waals surface area contributed by atoms with Crippen LogP contribution >= 0.6 is 15.9 Å². The van der Waals surface area contributed by atoms with Crippen molar-refractivity contribution in [2.24, 2.45) is 5.41 Å². The van der Waals surface area contributed by atoms with Gasteiger partial charge in [-0.2, -0.15) is 13.2 Å². The second-order valence-electron chi connectivity index (χ2n) is 5.42. The first-order valence-electron chi connectivity index (χ1n) is 5.65. The second kappa shape index (κ2) is 5.11. The molecule has 0 aromatic heterocycles. The molecule has 102 valence electrons. The van der Waals surface area contributed by atoms with E-state index in [1.165, 1.54) is 12.1 Å². The Morgan fingerprint density at radius 3 is 2.17 bits per heavy atom. The molecule has 1 nitrogen and oxygen atoms in total. The molecule has 0 saturated carbocycles. The van der Waals surface area contributed by atoms with Crippen LogP contribution in [-0.4, -0.2) is 6.04 Å². The molecule has 18 heavy (non-hydrogen) atoms. The average Bonchev–Trinajstić information content (AvgIpc) is 2.13. The monoisotopic (exact) mass is 323 g/mol. The van der Waals surface area contributed by atoms with Crippen LogP contribution in [0.1, 0.15) is 33.3 Å². The lowest BCUT2D eigenvalue weighted by Gasteiger charge is -2.30. The zero-order chi connectivity index (χ0) is 14.1. The minimum Gasteiger partial charge on any atom is -0.382 e. The Kier molecular flexibility index (Phi) is 4.36. The van der Waals surface area contributed by atoms with Gasteiger partial charge in [0.2, 0.25) is 0 Å². The van der Waals surface area contributed by atoms with Gasteiger partial charge in [0.15, 0.2) is 0 Å². The molecule has 5 heteroatoms. The molecule has 1 aromatic rings. The Balaban J connectivity index is 3.11. The molecular formula is C13H17BrF3N. The fourth-order valence-electron chi connectivity index (χ4n) is 1.33. The quantitative estimate of drug-likeness (QED) is 0.777. The molecule has 0 aliphatic carbocycles. The van der Waals surface area contributed by atoms with Gasteiger partial charge in [-0.3, -0.25) is 0 Å². The smallest absolute Gasteiger partial charge is 0.382 e. The highest BCUT2D eigenvalue weighted by Crippen LogP contribution is 2.37. The lowest BCUT2D eigenvalue weighted by atomic mass is 9.88. The molecule has 0 fully saturated rings.